The predicted molar refractivity (Wildman–Crippen MR) is 92.4 cm³/mol. The Morgan fingerprint density at radius 2 is 1.88 bits per heavy atom. The molecule has 6 nitrogen and oxygen atoms in total. The van der Waals surface area contributed by atoms with Crippen LogP contribution < -0.4 is 14.8 Å². The zero-order chi connectivity index (χ0) is 17.8. The standard InChI is InChI=1S/C18H25NO5/c1-4-5-6-7-12-24-18(21)11-10-17(20)19-15-9-8-14(22-2)13-16(15)23-3/h8-11,13H,4-7,12H2,1-3H3,(H,19,20)/b11-10+. The van der Waals surface area contributed by atoms with Crippen LogP contribution in [0, 0.1) is 0 Å². The number of ether oxygens (including phenoxy) is 3. The quantitative estimate of drug-likeness (QED) is 0.403. The molecule has 0 aromatic heterocycles. The summed E-state index contributed by atoms with van der Waals surface area (Å²) in [6.45, 7) is 2.49. The lowest BCUT2D eigenvalue weighted by Gasteiger charge is -2.10. The second-order valence-electron chi connectivity index (χ2n) is 5.12. The Labute approximate surface area is 142 Å². The molecule has 0 spiro atoms. The average Bonchev–Trinajstić information content (AvgIpc) is 2.60. The van der Waals surface area contributed by atoms with Gasteiger partial charge in [0.25, 0.3) is 0 Å². The first kappa shape index (κ1) is 19.5. The molecule has 1 rings (SSSR count). The Balaban J connectivity index is 2.46. The summed E-state index contributed by atoms with van der Waals surface area (Å²) < 4.78 is 15.3. The normalized spacial score (nSPS) is 10.5. The van der Waals surface area contributed by atoms with Crippen molar-refractivity contribution in [3.05, 3.63) is 30.4 Å². The first-order chi connectivity index (χ1) is 11.6. The van der Waals surface area contributed by atoms with Crippen molar-refractivity contribution in [2.45, 2.75) is 32.6 Å². The molecule has 1 N–H and O–H groups in total. The van der Waals surface area contributed by atoms with Crippen LogP contribution in [-0.4, -0.2) is 32.7 Å². The van der Waals surface area contributed by atoms with Crippen LogP contribution in [0.5, 0.6) is 11.5 Å². The molecule has 0 fully saturated rings. The third kappa shape index (κ3) is 7.17. The molecule has 0 aliphatic rings. The van der Waals surface area contributed by atoms with Crippen LogP contribution in [0.25, 0.3) is 0 Å². The van der Waals surface area contributed by atoms with E-state index >= 15 is 0 Å². The number of nitrogens with one attached hydrogen (secondary N) is 1. The molecule has 1 aromatic rings. The molecule has 132 valence electrons. The fourth-order valence-electron chi connectivity index (χ4n) is 1.97. The van der Waals surface area contributed by atoms with Gasteiger partial charge in [0.1, 0.15) is 11.5 Å². The van der Waals surface area contributed by atoms with Crippen molar-refractivity contribution < 1.29 is 23.8 Å². The Morgan fingerprint density at radius 1 is 1.08 bits per heavy atom. The van der Waals surface area contributed by atoms with Crippen LogP contribution in [0.2, 0.25) is 0 Å². The zero-order valence-corrected chi connectivity index (χ0v) is 14.5. The summed E-state index contributed by atoms with van der Waals surface area (Å²) in [5, 5.41) is 2.64. The lowest BCUT2D eigenvalue weighted by Crippen LogP contribution is -2.10. The summed E-state index contributed by atoms with van der Waals surface area (Å²) in [7, 11) is 3.04. The summed E-state index contributed by atoms with van der Waals surface area (Å²) in [4.78, 5) is 23.4. The van der Waals surface area contributed by atoms with Crippen LogP contribution in [-0.2, 0) is 14.3 Å². The molecule has 0 aliphatic heterocycles. The molecule has 6 heteroatoms. The van der Waals surface area contributed by atoms with E-state index < -0.39 is 11.9 Å². The summed E-state index contributed by atoms with van der Waals surface area (Å²) in [5.41, 5.74) is 0.487. The molecule has 0 atom stereocenters. The maximum atomic E-state index is 11.9. The van der Waals surface area contributed by atoms with Crippen molar-refractivity contribution >= 4 is 17.6 Å². The molecule has 1 amide bonds. The number of amides is 1. The van der Waals surface area contributed by atoms with Gasteiger partial charge in [-0.1, -0.05) is 26.2 Å². The van der Waals surface area contributed by atoms with Gasteiger partial charge in [-0.05, 0) is 18.6 Å². The minimum absolute atomic E-state index is 0.372. The molecule has 0 unspecified atom stereocenters. The van der Waals surface area contributed by atoms with E-state index in [4.69, 9.17) is 14.2 Å². The van der Waals surface area contributed by atoms with E-state index in [1.165, 1.54) is 7.11 Å². The monoisotopic (exact) mass is 335 g/mol. The Hall–Kier alpha value is -2.50. The lowest BCUT2D eigenvalue weighted by molar-refractivity contribution is -0.138. The Kier molecular flexibility index (Phi) is 9.04. The summed E-state index contributed by atoms with van der Waals surface area (Å²) in [6, 6.07) is 5.02. The van der Waals surface area contributed by atoms with Gasteiger partial charge in [0.15, 0.2) is 0 Å². The molecule has 24 heavy (non-hydrogen) atoms. The van der Waals surface area contributed by atoms with E-state index in [0.717, 1.165) is 37.8 Å². The minimum Gasteiger partial charge on any atom is -0.497 e. The molecule has 0 bridgehead atoms. The SMILES string of the molecule is CCCCCCOC(=O)/C=C/C(=O)Nc1ccc(OC)cc1OC. The number of carbonyl (C=O) groups excluding carboxylic acids is 2. The average molecular weight is 335 g/mol. The van der Waals surface area contributed by atoms with Crippen molar-refractivity contribution in [2.75, 3.05) is 26.1 Å². The highest BCUT2D eigenvalue weighted by Crippen LogP contribution is 2.28. The topological polar surface area (TPSA) is 73.9 Å². The minimum atomic E-state index is -0.525. The number of hydrogen-bond donors (Lipinski definition) is 1. The van der Waals surface area contributed by atoms with Gasteiger partial charge in [-0.3, -0.25) is 4.79 Å². The maximum Gasteiger partial charge on any atom is 0.330 e. The lowest BCUT2D eigenvalue weighted by atomic mass is 10.2. The number of methoxy groups -OCH3 is 2. The van der Waals surface area contributed by atoms with Crippen molar-refractivity contribution in [3.63, 3.8) is 0 Å². The first-order valence-corrected chi connectivity index (χ1v) is 7.98. The maximum absolute atomic E-state index is 11.9. The fourth-order valence-corrected chi connectivity index (χ4v) is 1.97. The highest BCUT2D eigenvalue weighted by atomic mass is 16.5. The molecule has 0 radical (unpaired) electrons. The summed E-state index contributed by atoms with van der Waals surface area (Å²) in [5.74, 6) is 0.117. The molecular formula is C18H25NO5. The molecule has 0 heterocycles. The summed E-state index contributed by atoms with van der Waals surface area (Å²) >= 11 is 0. The first-order valence-electron chi connectivity index (χ1n) is 7.98. The second kappa shape index (κ2) is 11.1. The van der Waals surface area contributed by atoms with Gasteiger partial charge < -0.3 is 19.5 Å². The molecule has 0 saturated heterocycles. The van der Waals surface area contributed by atoms with E-state index in [-0.39, 0.29) is 0 Å². The van der Waals surface area contributed by atoms with E-state index in [0.29, 0.717) is 23.8 Å². The van der Waals surface area contributed by atoms with Gasteiger partial charge in [0.05, 0.1) is 26.5 Å². The molecule has 1 aromatic carbocycles. The number of unbranched alkanes of at least 4 members (excludes halogenated alkanes) is 3. The Bertz CT molecular complexity index is 569. The number of benzene rings is 1. The number of esters is 1. The van der Waals surface area contributed by atoms with Gasteiger partial charge in [0, 0.05) is 18.2 Å². The van der Waals surface area contributed by atoms with Gasteiger partial charge in [-0.2, -0.15) is 0 Å². The molecule has 0 aliphatic carbocycles. The van der Waals surface area contributed by atoms with Crippen LogP contribution in [0.15, 0.2) is 30.4 Å². The smallest absolute Gasteiger partial charge is 0.330 e. The van der Waals surface area contributed by atoms with E-state index in [1.54, 1.807) is 25.3 Å². The highest BCUT2D eigenvalue weighted by molar-refractivity contribution is 6.03. The van der Waals surface area contributed by atoms with Crippen LogP contribution in [0.4, 0.5) is 5.69 Å². The number of carbonyl (C=O) groups is 2. The fraction of sp³-hybridized carbons (Fsp3) is 0.444. The van der Waals surface area contributed by atoms with E-state index in [2.05, 4.69) is 12.2 Å². The van der Waals surface area contributed by atoms with Crippen molar-refractivity contribution in [2.24, 2.45) is 0 Å². The predicted octanol–water partition coefficient (Wildman–Crippen LogP) is 3.32. The zero-order valence-electron chi connectivity index (χ0n) is 14.5. The third-order valence-corrected chi connectivity index (χ3v) is 3.28. The van der Waals surface area contributed by atoms with Gasteiger partial charge in [0.2, 0.25) is 5.91 Å². The largest absolute Gasteiger partial charge is 0.497 e. The molecular weight excluding hydrogens is 310 g/mol. The third-order valence-electron chi connectivity index (χ3n) is 3.28. The molecule has 0 saturated carbocycles. The number of rotatable bonds is 10. The van der Waals surface area contributed by atoms with Gasteiger partial charge >= 0.3 is 5.97 Å². The van der Waals surface area contributed by atoms with Crippen molar-refractivity contribution in [1.82, 2.24) is 0 Å². The summed E-state index contributed by atoms with van der Waals surface area (Å²) in [6.07, 6.45) is 6.37. The van der Waals surface area contributed by atoms with Crippen molar-refractivity contribution in [3.8, 4) is 11.5 Å². The van der Waals surface area contributed by atoms with Gasteiger partial charge in [-0.25, -0.2) is 4.79 Å². The van der Waals surface area contributed by atoms with Crippen LogP contribution in [0.1, 0.15) is 32.6 Å². The van der Waals surface area contributed by atoms with Crippen LogP contribution >= 0.6 is 0 Å². The van der Waals surface area contributed by atoms with Crippen LogP contribution in [0.3, 0.4) is 0 Å². The van der Waals surface area contributed by atoms with E-state index in [1.807, 2.05) is 0 Å². The van der Waals surface area contributed by atoms with E-state index in [9.17, 15) is 9.59 Å². The second-order valence-corrected chi connectivity index (χ2v) is 5.12. The number of anilines is 1. The van der Waals surface area contributed by atoms with Crippen molar-refractivity contribution in [1.29, 1.82) is 0 Å². The number of hydrogen-bond acceptors (Lipinski definition) is 5. The Morgan fingerprint density at radius 3 is 2.54 bits per heavy atom. The van der Waals surface area contributed by atoms with Gasteiger partial charge in [-0.15, -0.1) is 0 Å². The highest BCUT2D eigenvalue weighted by Gasteiger charge is 2.07.